The maximum atomic E-state index is 12.1. The first-order chi connectivity index (χ1) is 20.0. The van der Waals surface area contributed by atoms with E-state index >= 15 is 0 Å². The summed E-state index contributed by atoms with van der Waals surface area (Å²) >= 11 is 0. The Labute approximate surface area is 238 Å². The van der Waals surface area contributed by atoms with Crippen molar-refractivity contribution in [3.8, 4) is 11.5 Å². The van der Waals surface area contributed by atoms with Gasteiger partial charge in [-0.15, -0.1) is 0 Å². The highest BCUT2D eigenvalue weighted by Gasteiger charge is 2.46. The zero-order chi connectivity index (χ0) is 28.3. The van der Waals surface area contributed by atoms with E-state index in [2.05, 4.69) is 10.2 Å². The lowest BCUT2D eigenvalue weighted by atomic mass is 10.1. The van der Waals surface area contributed by atoms with E-state index in [1.54, 1.807) is 14.2 Å². The van der Waals surface area contributed by atoms with E-state index in [9.17, 15) is 9.59 Å². The van der Waals surface area contributed by atoms with Gasteiger partial charge in [-0.1, -0.05) is 30.3 Å². The van der Waals surface area contributed by atoms with Crippen molar-refractivity contribution in [3.63, 3.8) is 0 Å². The van der Waals surface area contributed by atoms with Crippen molar-refractivity contribution in [2.24, 2.45) is 0 Å². The van der Waals surface area contributed by atoms with Crippen molar-refractivity contribution in [1.82, 2.24) is 19.6 Å². The van der Waals surface area contributed by atoms with Crippen LogP contribution in [0.2, 0.25) is 0 Å². The van der Waals surface area contributed by atoms with E-state index in [0.29, 0.717) is 25.9 Å². The number of carbonyl (C=O) groups is 2. The molecule has 1 fully saturated rings. The predicted molar refractivity (Wildman–Crippen MR) is 152 cm³/mol. The first-order valence-electron chi connectivity index (χ1n) is 13.8. The van der Waals surface area contributed by atoms with Gasteiger partial charge in [0.2, 0.25) is 0 Å². The summed E-state index contributed by atoms with van der Waals surface area (Å²) in [5, 5.41) is 9.04. The monoisotopic (exact) mass is 552 g/mol. The van der Waals surface area contributed by atoms with Gasteiger partial charge >= 0.3 is 0 Å². The maximum absolute atomic E-state index is 12.1. The number of aromatic nitrogens is 4. The molecule has 0 saturated carbocycles. The molecule has 0 amide bonds. The summed E-state index contributed by atoms with van der Waals surface area (Å²) < 4.78 is 19.5. The number of epoxide rings is 1. The average molecular weight is 553 g/mol. The molecule has 7 rings (SSSR count). The second-order valence-corrected chi connectivity index (χ2v) is 10.4. The fourth-order valence-corrected chi connectivity index (χ4v) is 5.19. The third-order valence-corrected chi connectivity index (χ3v) is 7.51. The van der Waals surface area contributed by atoms with E-state index in [1.807, 2.05) is 82.4 Å². The lowest BCUT2D eigenvalue weighted by molar-refractivity contribution is 0.0970. The van der Waals surface area contributed by atoms with Crippen LogP contribution < -0.4 is 9.47 Å². The first kappa shape index (κ1) is 26.7. The Morgan fingerprint density at radius 2 is 1.39 bits per heavy atom. The number of methoxy groups -OCH3 is 2. The summed E-state index contributed by atoms with van der Waals surface area (Å²) in [6.45, 7) is 1.29. The predicted octanol–water partition coefficient (Wildman–Crippen LogP) is 5.29. The van der Waals surface area contributed by atoms with Crippen LogP contribution in [0.1, 0.15) is 75.0 Å². The summed E-state index contributed by atoms with van der Waals surface area (Å²) in [7, 11) is 3.30. The third kappa shape index (κ3) is 6.00. The van der Waals surface area contributed by atoms with Crippen LogP contribution in [0, 0.1) is 0 Å². The Morgan fingerprint density at radius 1 is 0.805 bits per heavy atom. The zero-order valence-electron chi connectivity index (χ0n) is 23.2. The van der Waals surface area contributed by atoms with Gasteiger partial charge in [0.25, 0.3) is 0 Å². The van der Waals surface area contributed by atoms with Gasteiger partial charge in [0.05, 0.1) is 50.2 Å². The van der Waals surface area contributed by atoms with E-state index in [4.69, 9.17) is 14.2 Å². The molecule has 9 nitrogen and oxygen atoms in total. The Bertz CT molecular complexity index is 1580. The minimum absolute atomic E-state index is 0.0311. The van der Waals surface area contributed by atoms with Crippen molar-refractivity contribution in [2.75, 3.05) is 14.2 Å². The second kappa shape index (κ2) is 11.5. The van der Waals surface area contributed by atoms with Gasteiger partial charge in [0, 0.05) is 25.2 Å². The van der Waals surface area contributed by atoms with Gasteiger partial charge < -0.3 is 14.2 Å². The standard InChI is InChI=1S/C16H16N2O3.C16H16N2O2/c1-20-11-4-2-10(3-5-11)8-18-9-12-13(19)6-7-14-16(21-14)15(12)17-18;1-20-13-8-6-12(7-9-13)10-18-11-14-15(17-18)4-2-3-5-16(14)19/h2-5,9,14,16H,6-8H2,1H3;2,4,6-9,11H,3,5,10H2,1H3. The number of hydrogen-bond acceptors (Lipinski definition) is 7. The molecule has 0 spiro atoms. The highest BCUT2D eigenvalue weighted by atomic mass is 16.6. The highest BCUT2D eigenvalue weighted by molar-refractivity contribution is 5.99. The van der Waals surface area contributed by atoms with Gasteiger partial charge in [0.15, 0.2) is 11.6 Å². The molecule has 2 aliphatic carbocycles. The summed E-state index contributed by atoms with van der Waals surface area (Å²) in [6, 6.07) is 15.7. The van der Waals surface area contributed by atoms with Crippen molar-refractivity contribution < 1.29 is 23.8 Å². The molecular weight excluding hydrogens is 520 g/mol. The van der Waals surface area contributed by atoms with Crippen molar-refractivity contribution in [1.29, 1.82) is 0 Å². The van der Waals surface area contributed by atoms with Crippen molar-refractivity contribution in [3.05, 3.63) is 101 Å². The molecule has 0 bridgehead atoms. The van der Waals surface area contributed by atoms with Crippen LogP contribution in [-0.2, 0) is 17.8 Å². The van der Waals surface area contributed by atoms with Gasteiger partial charge in [-0.3, -0.25) is 19.0 Å². The molecule has 210 valence electrons. The number of Topliss-reactive ketones (excluding diaryl/α,β-unsaturated/α-hetero) is 2. The lowest BCUT2D eigenvalue weighted by Gasteiger charge is -2.03. The minimum atomic E-state index is 0.0311. The van der Waals surface area contributed by atoms with E-state index < -0.39 is 0 Å². The second-order valence-electron chi connectivity index (χ2n) is 10.4. The number of benzene rings is 2. The maximum Gasteiger partial charge on any atom is 0.166 e. The smallest absolute Gasteiger partial charge is 0.166 e. The Balaban J connectivity index is 0.000000148. The molecular formula is C32H32N4O5. The number of fused-ring (bicyclic) bond motifs is 4. The van der Waals surface area contributed by atoms with Crippen LogP contribution in [0.5, 0.6) is 11.5 Å². The van der Waals surface area contributed by atoms with Gasteiger partial charge in [-0.25, -0.2) is 0 Å². The summed E-state index contributed by atoms with van der Waals surface area (Å²) in [5.41, 5.74) is 5.30. The number of hydrogen-bond donors (Lipinski definition) is 0. The topological polar surface area (TPSA) is 101 Å². The largest absolute Gasteiger partial charge is 0.497 e. The summed E-state index contributed by atoms with van der Waals surface area (Å²) in [5.74, 6) is 2.02. The zero-order valence-corrected chi connectivity index (χ0v) is 23.2. The molecule has 4 aromatic rings. The molecule has 2 aromatic carbocycles. The molecule has 9 heteroatoms. The number of nitrogens with zero attached hydrogens (tertiary/aromatic N) is 4. The van der Waals surface area contributed by atoms with Gasteiger partial charge in [-0.2, -0.15) is 10.2 Å². The highest BCUT2D eigenvalue weighted by Crippen LogP contribution is 2.44. The number of ether oxygens (including phenoxy) is 3. The van der Waals surface area contributed by atoms with Crippen LogP contribution in [0.25, 0.3) is 6.08 Å². The van der Waals surface area contributed by atoms with Gasteiger partial charge in [-0.05, 0) is 54.3 Å². The molecule has 3 heterocycles. The quantitative estimate of drug-likeness (QED) is 0.300. The molecule has 2 aromatic heterocycles. The van der Waals surface area contributed by atoms with Crippen molar-refractivity contribution >= 4 is 17.6 Å². The van der Waals surface area contributed by atoms with Crippen LogP contribution in [0.3, 0.4) is 0 Å². The lowest BCUT2D eigenvalue weighted by Crippen LogP contribution is -2.01. The van der Waals surface area contributed by atoms with Crippen LogP contribution in [0.15, 0.2) is 67.0 Å². The Kier molecular flexibility index (Phi) is 7.52. The van der Waals surface area contributed by atoms with Crippen LogP contribution >= 0.6 is 0 Å². The molecule has 3 aliphatic rings. The Morgan fingerprint density at radius 3 is 2.02 bits per heavy atom. The fourth-order valence-electron chi connectivity index (χ4n) is 5.19. The first-order valence-corrected chi connectivity index (χ1v) is 13.8. The normalized spacial score (nSPS) is 18.7. The van der Waals surface area contributed by atoms with Crippen molar-refractivity contribution in [2.45, 2.75) is 51.0 Å². The number of allylic oxidation sites excluding steroid dienone is 1. The number of rotatable bonds is 6. The van der Waals surface area contributed by atoms with Crippen LogP contribution in [-0.4, -0.2) is 51.5 Å². The minimum Gasteiger partial charge on any atom is -0.497 e. The average Bonchev–Trinajstić information content (AvgIpc) is 3.57. The van der Waals surface area contributed by atoms with Gasteiger partial charge in [0.1, 0.15) is 23.3 Å². The molecule has 1 saturated heterocycles. The Hall–Kier alpha value is -4.50. The van der Waals surface area contributed by atoms with E-state index in [0.717, 1.165) is 58.0 Å². The van der Waals surface area contributed by atoms with Crippen LogP contribution in [0.4, 0.5) is 0 Å². The molecule has 2 atom stereocenters. The molecule has 2 unspecified atom stereocenters. The molecule has 41 heavy (non-hydrogen) atoms. The number of carbonyl (C=O) groups excluding carboxylic acids is 2. The molecule has 0 N–H and O–H groups in total. The molecule has 0 radical (unpaired) electrons. The summed E-state index contributed by atoms with van der Waals surface area (Å²) in [6.07, 6.45) is 10.6. The number of ketones is 2. The summed E-state index contributed by atoms with van der Waals surface area (Å²) in [4.78, 5) is 24.0. The fraction of sp³-hybridized carbons (Fsp3) is 0.312. The van der Waals surface area contributed by atoms with E-state index in [-0.39, 0.29) is 23.8 Å². The molecule has 1 aliphatic heterocycles. The SMILES string of the molecule is COc1ccc(Cn2cc3c(n2)C2OC2CCC3=O)cc1.COc1ccc(Cn2cc3c(n2)C=CCCC3=O)cc1. The third-order valence-electron chi connectivity index (χ3n) is 7.51. The van der Waals surface area contributed by atoms with E-state index in [1.165, 1.54) is 0 Å².